The minimum atomic E-state index is -3.12. The van der Waals surface area contributed by atoms with Crippen LogP contribution in [-0.4, -0.2) is 32.6 Å². The number of H-pyrrole nitrogens is 2. The average Bonchev–Trinajstić information content (AvgIpc) is 1.52. The molecule has 0 amide bonds. The van der Waals surface area contributed by atoms with E-state index in [0.29, 0.717) is 81.6 Å². The highest BCUT2D eigenvalue weighted by Crippen LogP contribution is 2.53. The number of rotatable bonds is 5. The van der Waals surface area contributed by atoms with Crippen LogP contribution < -0.4 is 0 Å². The molecule has 7 aromatic carbocycles. The zero-order chi connectivity index (χ0) is 81.7. The normalized spacial score (nSPS) is 12.6. The molecule has 0 radical (unpaired) electrons. The van der Waals surface area contributed by atoms with Gasteiger partial charge in [-0.15, -0.1) is 0 Å². The molecule has 576 valence electrons. The summed E-state index contributed by atoms with van der Waals surface area (Å²) >= 11 is 0. The second-order valence-electron chi connectivity index (χ2n) is 25.9. The van der Waals surface area contributed by atoms with Crippen LogP contribution in [-0.2, 0) is 0 Å². The highest BCUT2D eigenvalue weighted by atomic mass is 19.2. The fourth-order valence-electron chi connectivity index (χ4n) is 15.7. The topological polar surface area (TPSA) is 62.1 Å². The van der Waals surface area contributed by atoms with Crippen LogP contribution in [0.4, 0.5) is 136 Å². The number of hydrogen-bond acceptors (Lipinski definition) is 1. The molecule has 0 fully saturated rings. The lowest BCUT2D eigenvalue weighted by atomic mass is 10.0. The summed E-state index contributed by atoms with van der Waals surface area (Å²) in [5.41, 5.74) is -42.5. The van der Waals surface area contributed by atoms with E-state index in [4.69, 9.17) is 0 Å². The minimum Gasteiger partial charge on any atom is -0.354 e. The van der Waals surface area contributed by atoms with Crippen LogP contribution in [0.5, 0.6) is 0 Å². The van der Waals surface area contributed by atoms with Crippen LogP contribution in [0, 0.1) is 180 Å². The number of fused-ring (bicyclic) bond motifs is 10. The van der Waals surface area contributed by atoms with E-state index in [1.165, 1.54) is 0 Å². The summed E-state index contributed by atoms with van der Waals surface area (Å²) in [6.45, 7) is 0. The summed E-state index contributed by atoms with van der Waals surface area (Å²) in [7, 11) is 0. The van der Waals surface area contributed by atoms with Crippen LogP contribution in [0.25, 0.3) is 178 Å². The SMILES string of the molecule is Fc1c(F)c(F)c(-c2c3nc(c(-c4c(F)c(F)c(F)c(F)c4F)c4ccc([nH]4)c4c5c(F)c(F)c(F)c6c5n5c(ccc45)c(-c4c(F)c(F)c(F)c(F)c4F)c4ccc(c(-c5c(F)c(F)c(F)c(F)c5F)c5ccc7c(-c8c(F)c(F)c(F)c(F)c8F)c8ccc9c(c%10ccc2[nH]%10)c2c(F)c(F)c(F)c(c2n89)n57)n46)C=C3)c(F)c1F. The predicted octanol–water partition coefficient (Wildman–Crippen LogP) is 24.2. The van der Waals surface area contributed by atoms with Crippen molar-refractivity contribution >= 4 is 122 Å². The van der Waals surface area contributed by atoms with Crippen LogP contribution in [0.3, 0.4) is 0 Å². The summed E-state index contributed by atoms with van der Waals surface area (Å²) in [6.07, 6.45) is 0.997. The fourth-order valence-corrected chi connectivity index (χ4v) is 15.7. The maximum atomic E-state index is 18.4. The molecular weight excluding hydrogens is 1610 g/mol. The summed E-state index contributed by atoms with van der Waals surface area (Å²) in [5.74, 6) is -88.3. The number of nitrogens with one attached hydrogen (secondary N) is 2. The molecule has 1 aliphatic rings. The van der Waals surface area contributed by atoms with E-state index < -0.39 is 357 Å². The van der Waals surface area contributed by atoms with Gasteiger partial charge < -0.3 is 27.6 Å². The molecule has 18 aromatic rings. The largest absolute Gasteiger partial charge is 0.354 e. The molecule has 16 bridgehead atoms. The lowest BCUT2D eigenvalue weighted by Gasteiger charge is -2.14. The Morgan fingerprint density at radius 2 is 0.357 bits per heavy atom. The molecule has 0 spiro atoms. The number of benzene rings is 7. The number of aromatic nitrogens is 7. The molecule has 0 unspecified atom stereocenters. The van der Waals surface area contributed by atoms with Gasteiger partial charge in [-0.25, -0.2) is 141 Å². The quantitative estimate of drug-likeness (QED) is 0.101. The van der Waals surface area contributed by atoms with Crippen molar-refractivity contribution in [2.24, 2.45) is 0 Å². The van der Waals surface area contributed by atoms with Gasteiger partial charge in [0.05, 0.1) is 105 Å². The number of aromatic amines is 2. The fraction of sp³-hybridized carbons (Fsp3) is 0. The lowest BCUT2D eigenvalue weighted by Crippen LogP contribution is -2.06. The van der Waals surface area contributed by atoms with Crippen LogP contribution in [0.2, 0.25) is 0 Å². The van der Waals surface area contributed by atoms with Gasteiger partial charge in [0.1, 0.15) is 11.0 Å². The first-order valence-corrected chi connectivity index (χ1v) is 32.1. The first-order chi connectivity index (χ1) is 54.6. The number of nitrogens with zero attached hydrogens (tertiary/aromatic N) is 5. The van der Waals surface area contributed by atoms with Crippen molar-refractivity contribution in [3.8, 4) is 55.6 Å². The third-order valence-corrected chi connectivity index (χ3v) is 20.4. The van der Waals surface area contributed by atoms with Gasteiger partial charge >= 0.3 is 0 Å². The Morgan fingerprint density at radius 1 is 0.165 bits per heavy atom. The Bertz CT molecular complexity index is 7360. The van der Waals surface area contributed by atoms with Gasteiger partial charge in [0.15, 0.2) is 151 Å². The molecule has 0 aliphatic carbocycles. The standard InChI is InChI=1S/C77H16F31N7/c78-43-36(44(79)56(91)67(102)55(43)90)29-15-1-2-16(109-15)30(37-45(80)57(92)68(103)58(93)46(37)81)18-4-6-20(111-18)32-22-8-10-24-34(39-49(84)61(96)70(105)62(97)50(39)85)26-12-14-28(115(26)77-73(108)66(101)54(89)42(32)75(77)113(22)24)35(40-51(86)63(98)71(106)64(99)52(40)87)27-13-11-25-33(38-47(82)59(94)69(104)60(95)48(38)83)23-9-7-21-31(19-5-3-17(29)110-19)41-53(88)65(100)72(107)76(114(25)27)74(41)112(21)23/h1-14,110-111H. The average molecular weight is 1630 g/mol. The van der Waals surface area contributed by atoms with Gasteiger partial charge in [-0.3, -0.25) is 0 Å². The van der Waals surface area contributed by atoms with Gasteiger partial charge in [0.25, 0.3) is 0 Å². The Labute approximate surface area is 608 Å². The number of hydrogen-bond donors (Lipinski definition) is 2. The summed E-state index contributed by atoms with van der Waals surface area (Å²) in [6, 6.07) is 6.22. The molecular formula is C77H16F31N7. The van der Waals surface area contributed by atoms with E-state index in [1.807, 2.05) is 0 Å². The molecule has 11 aromatic heterocycles. The number of halogens is 31. The summed E-state index contributed by atoms with van der Waals surface area (Å²) in [4.78, 5) is 8.87. The molecule has 0 saturated heterocycles. The lowest BCUT2D eigenvalue weighted by molar-refractivity contribution is 0.381. The van der Waals surface area contributed by atoms with E-state index in [9.17, 15) is 0 Å². The Kier molecular flexibility index (Phi) is 14.8. The van der Waals surface area contributed by atoms with Crippen molar-refractivity contribution in [1.29, 1.82) is 0 Å². The summed E-state index contributed by atoms with van der Waals surface area (Å²) < 4.78 is 517. The highest BCUT2D eigenvalue weighted by molar-refractivity contribution is 6.25. The maximum Gasteiger partial charge on any atom is 0.200 e. The molecule has 2 N–H and O–H groups in total. The van der Waals surface area contributed by atoms with Gasteiger partial charge in [0, 0.05) is 60.7 Å². The monoisotopic (exact) mass is 1630 g/mol. The smallest absolute Gasteiger partial charge is 0.200 e. The van der Waals surface area contributed by atoms with E-state index in [0.717, 1.165) is 0 Å². The van der Waals surface area contributed by atoms with Gasteiger partial charge in [-0.1, -0.05) is 0 Å². The molecule has 1 aliphatic heterocycles. The molecule has 38 heteroatoms. The van der Waals surface area contributed by atoms with Crippen molar-refractivity contribution in [3.63, 3.8) is 0 Å². The first kappa shape index (κ1) is 71.7. The molecule has 115 heavy (non-hydrogen) atoms. The molecule has 19 rings (SSSR count). The van der Waals surface area contributed by atoms with E-state index >= 15 is 136 Å². The molecule has 7 nitrogen and oxygen atoms in total. The Morgan fingerprint density at radius 3 is 0.600 bits per heavy atom. The third kappa shape index (κ3) is 8.75. The van der Waals surface area contributed by atoms with Crippen LogP contribution in [0.15, 0.2) is 72.8 Å². The second-order valence-corrected chi connectivity index (χ2v) is 25.9. The Hall–Kier alpha value is -13.6. The van der Waals surface area contributed by atoms with Gasteiger partial charge in [0.2, 0.25) is 29.1 Å². The van der Waals surface area contributed by atoms with Gasteiger partial charge in [-0.05, 0) is 84.9 Å². The first-order valence-electron chi connectivity index (χ1n) is 32.1. The zero-order valence-electron chi connectivity index (χ0n) is 54.5. The predicted molar refractivity (Wildman–Crippen MR) is 349 cm³/mol. The van der Waals surface area contributed by atoms with Crippen LogP contribution in [0.1, 0.15) is 11.4 Å². The maximum absolute atomic E-state index is 18.4. The van der Waals surface area contributed by atoms with Crippen molar-refractivity contribution < 1.29 is 136 Å². The van der Waals surface area contributed by atoms with Crippen molar-refractivity contribution in [1.82, 2.24) is 32.6 Å². The Balaban J connectivity index is 1.19. The van der Waals surface area contributed by atoms with Crippen molar-refractivity contribution in [2.75, 3.05) is 0 Å². The van der Waals surface area contributed by atoms with Crippen LogP contribution >= 0.6 is 0 Å². The van der Waals surface area contributed by atoms with Crippen molar-refractivity contribution in [2.45, 2.75) is 0 Å². The third-order valence-electron chi connectivity index (χ3n) is 20.4. The zero-order valence-corrected chi connectivity index (χ0v) is 54.5. The van der Waals surface area contributed by atoms with Gasteiger partial charge in [-0.2, -0.15) is 0 Å². The van der Waals surface area contributed by atoms with E-state index in [1.54, 1.807) is 0 Å². The molecule has 0 saturated carbocycles. The summed E-state index contributed by atoms with van der Waals surface area (Å²) in [5, 5.41) is -5.13. The van der Waals surface area contributed by atoms with E-state index in [-0.39, 0.29) is 20.9 Å². The van der Waals surface area contributed by atoms with E-state index in [2.05, 4.69) is 15.0 Å². The second kappa shape index (κ2) is 23.8. The molecule has 12 heterocycles. The minimum absolute atomic E-state index is 0.116. The van der Waals surface area contributed by atoms with Crippen molar-refractivity contribution in [3.05, 3.63) is 265 Å². The molecule has 0 atom stereocenters. The highest BCUT2D eigenvalue weighted by Gasteiger charge is 2.41.